The van der Waals surface area contributed by atoms with E-state index in [0.29, 0.717) is 18.8 Å². The lowest BCUT2D eigenvalue weighted by Gasteiger charge is -2.25. The molecular formula is C22H26N2O2. The lowest BCUT2D eigenvalue weighted by Crippen LogP contribution is -2.31. The quantitative estimate of drug-likeness (QED) is 0.686. The van der Waals surface area contributed by atoms with Gasteiger partial charge in [0.1, 0.15) is 5.69 Å². The molecule has 0 amide bonds. The van der Waals surface area contributed by atoms with Gasteiger partial charge >= 0.3 is 0 Å². The molecule has 0 saturated heterocycles. The van der Waals surface area contributed by atoms with Gasteiger partial charge in [0.25, 0.3) is 5.56 Å². The highest BCUT2D eigenvalue weighted by molar-refractivity contribution is 5.74. The van der Waals surface area contributed by atoms with Crippen molar-refractivity contribution in [3.8, 4) is 0 Å². The molecule has 0 aliphatic rings. The molecule has 3 rings (SSSR count). The average Bonchev–Trinajstić information content (AvgIpc) is 2.62. The van der Waals surface area contributed by atoms with Crippen LogP contribution in [0.2, 0.25) is 0 Å². The maximum absolute atomic E-state index is 13.2. The van der Waals surface area contributed by atoms with E-state index in [1.54, 1.807) is 4.57 Å². The van der Waals surface area contributed by atoms with Crippen LogP contribution in [-0.2, 0) is 11.3 Å². The normalized spacial score (nSPS) is 13.1. The number of ether oxygens (including phenoxy) is 1. The molecule has 3 aromatic rings. The lowest BCUT2D eigenvalue weighted by atomic mass is 9.96. The Bertz CT molecular complexity index is 940. The van der Waals surface area contributed by atoms with Crippen LogP contribution in [-0.4, -0.2) is 21.8 Å². The number of nitrogens with zero attached hydrogens (tertiary/aromatic N) is 2. The molecular weight excluding hydrogens is 324 g/mol. The second-order valence-electron chi connectivity index (χ2n) is 7.42. The summed E-state index contributed by atoms with van der Waals surface area (Å²) in [5.41, 5.74) is 2.96. The fourth-order valence-corrected chi connectivity index (χ4v) is 3.10. The Balaban J connectivity index is 2.17. The molecule has 4 heteroatoms. The predicted octanol–water partition coefficient (Wildman–Crippen LogP) is 4.36. The van der Waals surface area contributed by atoms with Gasteiger partial charge in [0.15, 0.2) is 0 Å². The summed E-state index contributed by atoms with van der Waals surface area (Å²) in [6.07, 6.45) is 0. The van der Waals surface area contributed by atoms with Gasteiger partial charge in [-0.05, 0) is 45.4 Å². The number of fused-ring (bicyclic) bond motifs is 1. The molecule has 1 atom stereocenters. The first-order valence-corrected chi connectivity index (χ1v) is 9.09. The molecule has 0 N–H and O–H groups in total. The largest absolute Gasteiger partial charge is 0.375 e. The standard InChI is InChI=1S/C22H26N2O2/c1-5-24-19-14-10-9-13-18(19)23-20(21(24)25)17(15-26-22(2,3)4)16-11-7-6-8-12-16/h6-14,17H,5,15H2,1-4H3. The zero-order valence-corrected chi connectivity index (χ0v) is 15.9. The lowest BCUT2D eigenvalue weighted by molar-refractivity contribution is -0.00716. The minimum atomic E-state index is -0.284. The first kappa shape index (κ1) is 18.3. The summed E-state index contributed by atoms with van der Waals surface area (Å²) in [6.45, 7) is 9.07. The van der Waals surface area contributed by atoms with Crippen LogP contribution < -0.4 is 5.56 Å². The molecule has 26 heavy (non-hydrogen) atoms. The summed E-state index contributed by atoms with van der Waals surface area (Å²) in [5, 5.41) is 0. The minimum absolute atomic E-state index is 0.0439. The third-order valence-corrected chi connectivity index (χ3v) is 4.41. The van der Waals surface area contributed by atoms with Gasteiger partial charge in [0.2, 0.25) is 0 Å². The van der Waals surface area contributed by atoms with Gasteiger partial charge in [-0.3, -0.25) is 4.79 Å². The third kappa shape index (κ3) is 3.86. The van der Waals surface area contributed by atoms with Crippen LogP contribution in [0.1, 0.15) is 44.9 Å². The van der Waals surface area contributed by atoms with Crippen LogP contribution in [0.4, 0.5) is 0 Å². The summed E-state index contributed by atoms with van der Waals surface area (Å²) >= 11 is 0. The molecule has 1 unspecified atom stereocenters. The van der Waals surface area contributed by atoms with Crippen molar-refractivity contribution in [2.24, 2.45) is 0 Å². The van der Waals surface area contributed by atoms with Crippen LogP contribution in [0.5, 0.6) is 0 Å². The SMILES string of the molecule is CCn1c(=O)c(C(COC(C)(C)C)c2ccccc2)nc2ccccc21. The van der Waals surface area contributed by atoms with E-state index in [-0.39, 0.29) is 17.1 Å². The van der Waals surface area contributed by atoms with Gasteiger partial charge in [-0.15, -0.1) is 0 Å². The second-order valence-corrected chi connectivity index (χ2v) is 7.42. The Hall–Kier alpha value is -2.46. The van der Waals surface area contributed by atoms with Crippen molar-refractivity contribution in [1.82, 2.24) is 9.55 Å². The van der Waals surface area contributed by atoms with Crippen LogP contribution in [0.15, 0.2) is 59.4 Å². The Labute approximate surface area is 154 Å². The van der Waals surface area contributed by atoms with Crippen LogP contribution in [0.25, 0.3) is 11.0 Å². The van der Waals surface area contributed by atoms with Crippen molar-refractivity contribution in [2.75, 3.05) is 6.61 Å². The zero-order valence-electron chi connectivity index (χ0n) is 15.9. The first-order valence-electron chi connectivity index (χ1n) is 9.09. The van der Waals surface area contributed by atoms with E-state index in [0.717, 1.165) is 16.6 Å². The van der Waals surface area contributed by atoms with Crippen LogP contribution in [0, 0.1) is 0 Å². The maximum Gasteiger partial charge on any atom is 0.273 e. The molecule has 0 bridgehead atoms. The molecule has 0 saturated carbocycles. The van der Waals surface area contributed by atoms with Gasteiger partial charge in [-0.1, -0.05) is 42.5 Å². The second kappa shape index (κ2) is 7.42. The maximum atomic E-state index is 13.2. The van der Waals surface area contributed by atoms with Crippen molar-refractivity contribution in [3.05, 3.63) is 76.2 Å². The van der Waals surface area contributed by atoms with Gasteiger partial charge in [0, 0.05) is 6.54 Å². The van der Waals surface area contributed by atoms with E-state index < -0.39 is 0 Å². The van der Waals surface area contributed by atoms with E-state index in [2.05, 4.69) is 0 Å². The number of hydrogen-bond acceptors (Lipinski definition) is 3. The molecule has 4 nitrogen and oxygen atoms in total. The molecule has 0 fully saturated rings. The van der Waals surface area contributed by atoms with Crippen molar-refractivity contribution in [3.63, 3.8) is 0 Å². The van der Waals surface area contributed by atoms with Crippen molar-refractivity contribution in [1.29, 1.82) is 0 Å². The predicted molar refractivity (Wildman–Crippen MR) is 106 cm³/mol. The minimum Gasteiger partial charge on any atom is -0.375 e. The zero-order chi connectivity index (χ0) is 18.7. The number of para-hydroxylation sites is 2. The summed E-state index contributed by atoms with van der Waals surface area (Å²) in [4.78, 5) is 17.9. The van der Waals surface area contributed by atoms with Crippen molar-refractivity contribution < 1.29 is 4.74 Å². The summed E-state index contributed by atoms with van der Waals surface area (Å²) in [5.74, 6) is -0.203. The third-order valence-electron chi connectivity index (χ3n) is 4.41. The number of hydrogen-bond donors (Lipinski definition) is 0. The van der Waals surface area contributed by atoms with E-state index in [9.17, 15) is 4.79 Å². The molecule has 0 aliphatic heterocycles. The Morgan fingerprint density at radius 3 is 2.35 bits per heavy atom. The smallest absolute Gasteiger partial charge is 0.273 e. The highest BCUT2D eigenvalue weighted by atomic mass is 16.5. The number of aromatic nitrogens is 2. The number of benzene rings is 2. The summed E-state index contributed by atoms with van der Waals surface area (Å²) in [7, 11) is 0. The monoisotopic (exact) mass is 350 g/mol. The van der Waals surface area contributed by atoms with E-state index in [1.807, 2.05) is 82.3 Å². The summed E-state index contributed by atoms with van der Waals surface area (Å²) in [6, 6.07) is 17.8. The fourth-order valence-electron chi connectivity index (χ4n) is 3.10. The molecule has 1 heterocycles. The average molecular weight is 350 g/mol. The molecule has 2 aromatic carbocycles. The highest BCUT2D eigenvalue weighted by Crippen LogP contribution is 2.25. The molecule has 0 spiro atoms. The van der Waals surface area contributed by atoms with E-state index in [4.69, 9.17) is 9.72 Å². The Morgan fingerprint density at radius 2 is 1.69 bits per heavy atom. The van der Waals surface area contributed by atoms with Gasteiger partial charge in [0.05, 0.1) is 29.2 Å². The number of aryl methyl sites for hydroxylation is 1. The van der Waals surface area contributed by atoms with Gasteiger partial charge in [-0.25, -0.2) is 4.98 Å². The van der Waals surface area contributed by atoms with E-state index >= 15 is 0 Å². The molecule has 136 valence electrons. The van der Waals surface area contributed by atoms with Gasteiger partial charge in [-0.2, -0.15) is 0 Å². The number of rotatable bonds is 5. The van der Waals surface area contributed by atoms with E-state index in [1.165, 1.54) is 0 Å². The van der Waals surface area contributed by atoms with Crippen LogP contribution >= 0.6 is 0 Å². The topological polar surface area (TPSA) is 44.1 Å². The van der Waals surface area contributed by atoms with Crippen molar-refractivity contribution in [2.45, 2.75) is 45.8 Å². The Kier molecular flexibility index (Phi) is 5.23. The highest BCUT2D eigenvalue weighted by Gasteiger charge is 2.24. The van der Waals surface area contributed by atoms with Crippen LogP contribution in [0.3, 0.4) is 0 Å². The first-order chi connectivity index (χ1) is 12.4. The molecule has 0 aliphatic carbocycles. The van der Waals surface area contributed by atoms with Gasteiger partial charge < -0.3 is 9.30 Å². The molecule has 0 radical (unpaired) electrons. The molecule has 1 aromatic heterocycles. The fraction of sp³-hybridized carbons (Fsp3) is 0.364. The Morgan fingerprint density at radius 1 is 1.04 bits per heavy atom. The summed E-state index contributed by atoms with van der Waals surface area (Å²) < 4.78 is 7.85. The van der Waals surface area contributed by atoms with Crippen molar-refractivity contribution >= 4 is 11.0 Å².